The molecule has 0 spiro atoms. The first kappa shape index (κ1) is 10.8. The van der Waals surface area contributed by atoms with Gasteiger partial charge in [0.1, 0.15) is 0 Å². The minimum Gasteiger partial charge on any atom is -0.468 e. The van der Waals surface area contributed by atoms with Gasteiger partial charge in [0, 0.05) is 6.54 Å². The van der Waals surface area contributed by atoms with E-state index < -0.39 is 0 Å². The summed E-state index contributed by atoms with van der Waals surface area (Å²) in [6.07, 6.45) is 0. The standard InChI is InChI=1S/C11H13NO4/c1-14-11(13)6-12-5-8-2-3-9-10(4-8)16-7-15-9/h2-4,12H,5-7H2,1H3. The molecule has 0 aliphatic carbocycles. The molecular weight excluding hydrogens is 210 g/mol. The molecule has 2 rings (SSSR count). The molecule has 0 amide bonds. The van der Waals surface area contributed by atoms with Gasteiger partial charge in [0.05, 0.1) is 13.7 Å². The molecule has 1 aromatic rings. The monoisotopic (exact) mass is 223 g/mol. The Kier molecular flexibility index (Phi) is 3.26. The highest BCUT2D eigenvalue weighted by Gasteiger charge is 2.12. The molecule has 0 fully saturated rings. The smallest absolute Gasteiger partial charge is 0.319 e. The Bertz CT molecular complexity index is 392. The molecule has 1 aliphatic rings. The van der Waals surface area contributed by atoms with Crippen LogP contribution in [0.4, 0.5) is 0 Å². The Morgan fingerprint density at radius 3 is 3.06 bits per heavy atom. The van der Waals surface area contributed by atoms with Gasteiger partial charge in [-0.2, -0.15) is 0 Å². The Morgan fingerprint density at radius 1 is 1.44 bits per heavy atom. The first-order chi connectivity index (χ1) is 7.79. The van der Waals surface area contributed by atoms with Gasteiger partial charge in [-0.1, -0.05) is 6.07 Å². The normalized spacial score (nSPS) is 12.6. The summed E-state index contributed by atoms with van der Waals surface area (Å²) < 4.78 is 15.0. The lowest BCUT2D eigenvalue weighted by Crippen LogP contribution is -2.23. The third-order valence-electron chi connectivity index (χ3n) is 2.26. The summed E-state index contributed by atoms with van der Waals surface area (Å²) in [6.45, 7) is 1.06. The maximum Gasteiger partial charge on any atom is 0.319 e. The maximum atomic E-state index is 10.9. The van der Waals surface area contributed by atoms with E-state index in [0.717, 1.165) is 17.1 Å². The third-order valence-corrected chi connectivity index (χ3v) is 2.26. The molecule has 0 radical (unpaired) electrons. The quantitative estimate of drug-likeness (QED) is 0.760. The molecule has 1 N–H and O–H groups in total. The van der Waals surface area contributed by atoms with Crippen molar-refractivity contribution in [3.05, 3.63) is 23.8 Å². The fraction of sp³-hybridized carbons (Fsp3) is 0.364. The fourth-order valence-electron chi connectivity index (χ4n) is 1.43. The van der Waals surface area contributed by atoms with Crippen LogP contribution in [0.15, 0.2) is 18.2 Å². The van der Waals surface area contributed by atoms with Crippen LogP contribution in [0.25, 0.3) is 0 Å². The first-order valence-electron chi connectivity index (χ1n) is 4.95. The largest absolute Gasteiger partial charge is 0.468 e. The highest BCUT2D eigenvalue weighted by Crippen LogP contribution is 2.32. The van der Waals surface area contributed by atoms with Gasteiger partial charge < -0.3 is 19.5 Å². The average molecular weight is 223 g/mol. The van der Waals surface area contributed by atoms with E-state index >= 15 is 0 Å². The van der Waals surface area contributed by atoms with Gasteiger partial charge in [0.25, 0.3) is 0 Å². The molecule has 1 aliphatic heterocycles. The first-order valence-corrected chi connectivity index (χ1v) is 4.95. The van der Waals surface area contributed by atoms with Crippen molar-refractivity contribution in [2.24, 2.45) is 0 Å². The van der Waals surface area contributed by atoms with Crippen LogP contribution in [0.3, 0.4) is 0 Å². The third kappa shape index (κ3) is 2.43. The second-order valence-electron chi connectivity index (χ2n) is 3.37. The zero-order valence-electron chi connectivity index (χ0n) is 8.99. The zero-order chi connectivity index (χ0) is 11.4. The molecule has 86 valence electrons. The number of nitrogens with one attached hydrogen (secondary N) is 1. The van der Waals surface area contributed by atoms with Crippen LogP contribution in [0.1, 0.15) is 5.56 Å². The second-order valence-corrected chi connectivity index (χ2v) is 3.37. The second kappa shape index (κ2) is 4.85. The number of methoxy groups -OCH3 is 1. The zero-order valence-corrected chi connectivity index (χ0v) is 8.99. The van der Waals surface area contributed by atoms with Crippen LogP contribution in [0.2, 0.25) is 0 Å². The van der Waals surface area contributed by atoms with E-state index in [9.17, 15) is 4.79 Å². The molecular formula is C11H13NO4. The number of esters is 1. The lowest BCUT2D eigenvalue weighted by Gasteiger charge is -2.04. The molecule has 1 heterocycles. The Balaban J connectivity index is 1.88. The number of fused-ring (bicyclic) bond motifs is 1. The van der Waals surface area contributed by atoms with Crippen molar-refractivity contribution in [2.75, 3.05) is 20.4 Å². The van der Waals surface area contributed by atoms with E-state index in [-0.39, 0.29) is 19.3 Å². The summed E-state index contributed by atoms with van der Waals surface area (Å²) in [5.74, 6) is 1.23. The van der Waals surface area contributed by atoms with Crippen molar-refractivity contribution in [2.45, 2.75) is 6.54 Å². The summed E-state index contributed by atoms with van der Waals surface area (Å²) in [5, 5.41) is 2.97. The molecule has 5 nitrogen and oxygen atoms in total. The van der Waals surface area contributed by atoms with Crippen LogP contribution in [0.5, 0.6) is 11.5 Å². The van der Waals surface area contributed by atoms with Gasteiger partial charge in [-0.05, 0) is 17.7 Å². The number of ether oxygens (including phenoxy) is 3. The fourth-order valence-corrected chi connectivity index (χ4v) is 1.43. The van der Waals surface area contributed by atoms with E-state index in [4.69, 9.17) is 9.47 Å². The van der Waals surface area contributed by atoms with Crippen LogP contribution in [-0.2, 0) is 16.1 Å². The van der Waals surface area contributed by atoms with Crippen LogP contribution in [0, 0.1) is 0 Å². The van der Waals surface area contributed by atoms with Gasteiger partial charge in [-0.15, -0.1) is 0 Å². The van der Waals surface area contributed by atoms with Crippen LogP contribution in [-0.4, -0.2) is 26.4 Å². The van der Waals surface area contributed by atoms with Crippen LogP contribution >= 0.6 is 0 Å². The summed E-state index contributed by atoms with van der Waals surface area (Å²) in [6, 6.07) is 5.68. The maximum absolute atomic E-state index is 10.9. The summed E-state index contributed by atoms with van der Waals surface area (Å²) >= 11 is 0. The molecule has 5 heteroatoms. The topological polar surface area (TPSA) is 56.8 Å². The molecule has 0 unspecified atom stereocenters. The highest BCUT2D eigenvalue weighted by atomic mass is 16.7. The minimum absolute atomic E-state index is 0.199. The number of rotatable bonds is 4. The minimum atomic E-state index is -0.277. The van der Waals surface area contributed by atoms with Crippen molar-refractivity contribution in [3.63, 3.8) is 0 Å². The molecule has 0 saturated carbocycles. The summed E-state index contributed by atoms with van der Waals surface area (Å²) in [4.78, 5) is 10.9. The van der Waals surface area contributed by atoms with E-state index in [2.05, 4.69) is 10.1 Å². The van der Waals surface area contributed by atoms with Crippen molar-refractivity contribution < 1.29 is 19.0 Å². The van der Waals surface area contributed by atoms with Crippen molar-refractivity contribution in [1.82, 2.24) is 5.32 Å². The van der Waals surface area contributed by atoms with Crippen molar-refractivity contribution in [3.8, 4) is 11.5 Å². The lowest BCUT2D eigenvalue weighted by molar-refractivity contribution is -0.139. The molecule has 0 aromatic heterocycles. The molecule has 0 saturated heterocycles. The molecule has 0 atom stereocenters. The SMILES string of the molecule is COC(=O)CNCc1ccc2c(c1)OCO2. The van der Waals surface area contributed by atoms with Crippen molar-refractivity contribution >= 4 is 5.97 Å². The van der Waals surface area contributed by atoms with E-state index in [1.807, 2.05) is 18.2 Å². The molecule has 0 bridgehead atoms. The van der Waals surface area contributed by atoms with Gasteiger partial charge in [0.2, 0.25) is 6.79 Å². The number of carbonyl (C=O) groups excluding carboxylic acids is 1. The van der Waals surface area contributed by atoms with Crippen LogP contribution < -0.4 is 14.8 Å². The highest BCUT2D eigenvalue weighted by molar-refractivity contribution is 5.71. The molecule has 16 heavy (non-hydrogen) atoms. The van der Waals surface area contributed by atoms with Gasteiger partial charge in [-0.3, -0.25) is 4.79 Å². The van der Waals surface area contributed by atoms with Gasteiger partial charge >= 0.3 is 5.97 Å². The Labute approximate surface area is 93.3 Å². The van der Waals surface area contributed by atoms with Crippen molar-refractivity contribution in [1.29, 1.82) is 0 Å². The predicted molar refractivity (Wildman–Crippen MR) is 56.3 cm³/mol. The Morgan fingerprint density at radius 2 is 2.25 bits per heavy atom. The van der Waals surface area contributed by atoms with E-state index in [1.54, 1.807) is 0 Å². The number of hydrogen-bond acceptors (Lipinski definition) is 5. The Hall–Kier alpha value is -1.75. The lowest BCUT2D eigenvalue weighted by atomic mass is 10.2. The number of benzene rings is 1. The summed E-state index contributed by atoms with van der Waals surface area (Å²) in [7, 11) is 1.37. The average Bonchev–Trinajstić information content (AvgIpc) is 2.76. The number of hydrogen-bond donors (Lipinski definition) is 1. The van der Waals surface area contributed by atoms with Gasteiger partial charge in [0.15, 0.2) is 11.5 Å². The van der Waals surface area contributed by atoms with E-state index in [1.165, 1.54) is 7.11 Å². The number of carbonyl (C=O) groups is 1. The van der Waals surface area contributed by atoms with Gasteiger partial charge in [-0.25, -0.2) is 0 Å². The summed E-state index contributed by atoms with van der Waals surface area (Å²) in [5.41, 5.74) is 1.04. The molecule has 1 aromatic carbocycles. The predicted octanol–water partition coefficient (Wildman–Crippen LogP) is 0.678. The van der Waals surface area contributed by atoms with E-state index in [0.29, 0.717) is 6.54 Å².